The number of hydrogen-bond donors (Lipinski definition) is 2. The molecule has 1 aromatic carbocycles. The van der Waals surface area contributed by atoms with E-state index in [0.29, 0.717) is 18.3 Å². The fourth-order valence-corrected chi connectivity index (χ4v) is 7.63. The molecule has 5 nitrogen and oxygen atoms in total. The van der Waals surface area contributed by atoms with Crippen molar-refractivity contribution < 1.29 is 19.4 Å². The second-order valence-corrected chi connectivity index (χ2v) is 10.9. The number of nitrogen functional groups attached to an aromatic ring is 1. The van der Waals surface area contributed by atoms with Gasteiger partial charge in [-0.25, -0.2) is 0 Å². The highest BCUT2D eigenvalue weighted by Crippen LogP contribution is 2.65. The summed E-state index contributed by atoms with van der Waals surface area (Å²) in [5.41, 5.74) is 12.1. The molecule has 0 spiro atoms. The Kier molecular flexibility index (Phi) is 6.70. The van der Waals surface area contributed by atoms with Crippen molar-refractivity contribution in [3.63, 3.8) is 0 Å². The van der Waals surface area contributed by atoms with Gasteiger partial charge in [-0.1, -0.05) is 36.5 Å². The highest BCUT2D eigenvalue weighted by molar-refractivity contribution is 5.93. The molecule has 0 heterocycles. The number of ketones is 2. The van der Waals surface area contributed by atoms with Crippen LogP contribution < -0.4 is 5.73 Å². The third-order valence-electron chi connectivity index (χ3n) is 9.08. The third kappa shape index (κ3) is 4.39. The van der Waals surface area contributed by atoms with E-state index in [1.54, 1.807) is 0 Å². The van der Waals surface area contributed by atoms with Crippen LogP contribution in [0.25, 0.3) is 0 Å². The van der Waals surface area contributed by atoms with Gasteiger partial charge in [-0.3, -0.25) is 9.59 Å². The fraction of sp³-hybridized carbons (Fsp3) is 0.533. The van der Waals surface area contributed by atoms with Crippen LogP contribution >= 0.6 is 0 Å². The van der Waals surface area contributed by atoms with Gasteiger partial charge in [0.05, 0.1) is 0 Å². The van der Waals surface area contributed by atoms with Crippen LogP contribution in [0.5, 0.6) is 0 Å². The number of Topliss-reactive ketones (excluding diaryl/α,β-unsaturated/α-hetero) is 1. The molecule has 4 aliphatic carbocycles. The molecule has 2 saturated carbocycles. The lowest BCUT2D eigenvalue weighted by Crippen LogP contribution is -2.45. The Labute approximate surface area is 207 Å². The number of nitrogens with two attached hydrogens (primary N) is 1. The van der Waals surface area contributed by atoms with Crippen molar-refractivity contribution in [3.05, 3.63) is 52.6 Å². The van der Waals surface area contributed by atoms with Gasteiger partial charge in [-0.05, 0) is 90.7 Å². The average molecular weight is 474 g/mol. The molecular formula is C30H35NO4. The van der Waals surface area contributed by atoms with Crippen molar-refractivity contribution >= 4 is 17.3 Å². The lowest BCUT2D eigenvalue weighted by atomic mass is 9.51. The van der Waals surface area contributed by atoms with E-state index in [4.69, 9.17) is 15.6 Å². The number of allylic oxidation sites excluding steroid dienone is 4. The molecule has 35 heavy (non-hydrogen) atoms. The van der Waals surface area contributed by atoms with E-state index in [2.05, 4.69) is 30.9 Å². The van der Waals surface area contributed by atoms with Crippen molar-refractivity contribution in [2.45, 2.75) is 57.8 Å². The predicted octanol–water partition coefficient (Wildman–Crippen LogP) is 4.37. The van der Waals surface area contributed by atoms with Gasteiger partial charge in [0.1, 0.15) is 19.8 Å². The molecule has 0 aromatic heterocycles. The molecule has 5 rings (SSSR count). The first-order chi connectivity index (χ1) is 16.9. The molecule has 0 unspecified atom stereocenters. The zero-order valence-corrected chi connectivity index (χ0v) is 20.5. The summed E-state index contributed by atoms with van der Waals surface area (Å²) in [5, 5.41) is 8.80. The summed E-state index contributed by atoms with van der Waals surface area (Å²) in [6.45, 7) is 2.38. The summed E-state index contributed by atoms with van der Waals surface area (Å²) in [6.07, 6.45) is 8.25. The summed E-state index contributed by atoms with van der Waals surface area (Å²) in [7, 11) is 0. The van der Waals surface area contributed by atoms with Crippen molar-refractivity contribution in [2.24, 2.45) is 23.2 Å². The minimum absolute atomic E-state index is 0.0222. The van der Waals surface area contributed by atoms with Crippen molar-refractivity contribution in [3.8, 4) is 11.8 Å². The second-order valence-electron chi connectivity index (χ2n) is 10.9. The van der Waals surface area contributed by atoms with Gasteiger partial charge < -0.3 is 15.6 Å². The minimum Gasteiger partial charge on any atom is -0.399 e. The maximum Gasteiger partial charge on any atom is 0.162 e. The number of aliphatic hydroxyl groups is 1. The lowest BCUT2D eigenvalue weighted by Gasteiger charge is -2.52. The summed E-state index contributed by atoms with van der Waals surface area (Å²) < 4.78 is 5.55. The van der Waals surface area contributed by atoms with Gasteiger partial charge in [0.25, 0.3) is 0 Å². The topological polar surface area (TPSA) is 89.6 Å². The largest absolute Gasteiger partial charge is 0.399 e. The number of rotatable bonds is 5. The van der Waals surface area contributed by atoms with E-state index in [-0.39, 0.29) is 48.6 Å². The van der Waals surface area contributed by atoms with E-state index >= 15 is 0 Å². The standard InChI is InChI=1S/C30H35NO4/c1-30-17-25(19-4-7-21(31)8-5-19)29-23-11-9-22(33)16-20(23)6-10-24(29)26(30)12-13-27(30)28(34)18-35-15-3-2-14-32/h4-5,7-8,16,24-27,32H,6,9-15,17-18,31H2,1H3/t24-,25+,26-,27+,30-/m0/s1. The SMILES string of the molecule is C[C@]12C[C@H](c3ccc(N)cc3)C3=C4CCC(=O)C=C4CC[C@H]3[C@@H]1CC[C@@H]2C(=O)COCC#CCO. The number of fused-ring (bicyclic) bond motifs is 4. The molecule has 184 valence electrons. The highest BCUT2D eigenvalue weighted by Gasteiger charge is 2.58. The average Bonchev–Trinajstić information content (AvgIpc) is 3.20. The van der Waals surface area contributed by atoms with Crippen LogP contribution in [-0.2, 0) is 14.3 Å². The molecule has 0 aliphatic heterocycles. The van der Waals surface area contributed by atoms with E-state index in [1.165, 1.54) is 22.3 Å². The Morgan fingerprint density at radius 3 is 2.71 bits per heavy atom. The number of anilines is 1. The van der Waals surface area contributed by atoms with Crippen molar-refractivity contribution in [2.75, 3.05) is 25.6 Å². The molecule has 3 N–H and O–H groups in total. The van der Waals surface area contributed by atoms with Gasteiger partial charge in [0.15, 0.2) is 11.6 Å². The highest BCUT2D eigenvalue weighted by atomic mass is 16.5. The molecule has 1 aromatic rings. The predicted molar refractivity (Wildman–Crippen MR) is 135 cm³/mol. The Hall–Kier alpha value is -2.68. The van der Waals surface area contributed by atoms with Gasteiger partial charge in [-0.15, -0.1) is 0 Å². The fourth-order valence-electron chi connectivity index (χ4n) is 7.63. The van der Waals surface area contributed by atoms with Crippen LogP contribution in [0.2, 0.25) is 0 Å². The van der Waals surface area contributed by atoms with E-state index in [9.17, 15) is 9.59 Å². The Morgan fingerprint density at radius 1 is 1.14 bits per heavy atom. The molecule has 0 radical (unpaired) electrons. The maximum absolute atomic E-state index is 13.4. The third-order valence-corrected chi connectivity index (χ3v) is 9.08. The summed E-state index contributed by atoms with van der Waals surface area (Å²) in [4.78, 5) is 25.5. The van der Waals surface area contributed by atoms with Crippen molar-refractivity contribution in [1.29, 1.82) is 0 Å². The van der Waals surface area contributed by atoms with Crippen molar-refractivity contribution in [1.82, 2.24) is 0 Å². The van der Waals surface area contributed by atoms with Crippen LogP contribution in [0.3, 0.4) is 0 Å². The number of benzene rings is 1. The molecule has 0 amide bonds. The monoisotopic (exact) mass is 473 g/mol. The molecule has 4 aliphatic rings. The van der Waals surface area contributed by atoms with Crippen LogP contribution in [0, 0.1) is 35.0 Å². The van der Waals surface area contributed by atoms with Gasteiger partial charge in [-0.2, -0.15) is 0 Å². The Morgan fingerprint density at radius 2 is 1.94 bits per heavy atom. The molecule has 0 saturated heterocycles. The van der Waals surface area contributed by atoms with Crippen LogP contribution in [0.1, 0.15) is 63.4 Å². The van der Waals surface area contributed by atoms with Crippen LogP contribution in [-0.4, -0.2) is 36.5 Å². The Bertz CT molecular complexity index is 1140. The smallest absolute Gasteiger partial charge is 0.162 e. The molecule has 0 bridgehead atoms. The molecule has 5 atom stereocenters. The molecular weight excluding hydrogens is 438 g/mol. The zero-order chi connectivity index (χ0) is 24.6. The summed E-state index contributed by atoms with van der Waals surface area (Å²) in [6, 6.07) is 8.25. The molecule has 5 heteroatoms. The number of ether oxygens (including phenoxy) is 1. The minimum atomic E-state index is -0.198. The summed E-state index contributed by atoms with van der Waals surface area (Å²) in [5.74, 6) is 6.84. The normalized spacial score (nSPS) is 31.6. The summed E-state index contributed by atoms with van der Waals surface area (Å²) >= 11 is 0. The zero-order valence-electron chi connectivity index (χ0n) is 20.5. The second kappa shape index (κ2) is 9.76. The Balaban J connectivity index is 1.49. The quantitative estimate of drug-likeness (QED) is 0.377. The number of hydrogen-bond acceptors (Lipinski definition) is 5. The van der Waals surface area contributed by atoms with Gasteiger partial charge in [0, 0.05) is 23.9 Å². The van der Waals surface area contributed by atoms with Crippen LogP contribution in [0.4, 0.5) is 5.69 Å². The number of carbonyl (C=O) groups excluding carboxylic acids is 2. The first kappa shape index (κ1) is 24.0. The van der Waals surface area contributed by atoms with E-state index in [1.807, 2.05) is 18.2 Å². The lowest BCUT2D eigenvalue weighted by molar-refractivity contribution is -0.131. The van der Waals surface area contributed by atoms with E-state index < -0.39 is 0 Å². The van der Waals surface area contributed by atoms with E-state index in [0.717, 1.165) is 44.2 Å². The maximum atomic E-state index is 13.4. The number of carbonyl (C=O) groups is 2. The van der Waals surface area contributed by atoms with Gasteiger partial charge >= 0.3 is 0 Å². The van der Waals surface area contributed by atoms with Gasteiger partial charge in [0.2, 0.25) is 0 Å². The number of aliphatic hydroxyl groups excluding tert-OH is 1. The van der Waals surface area contributed by atoms with Crippen LogP contribution in [0.15, 0.2) is 47.1 Å². The molecule has 2 fully saturated rings. The first-order valence-electron chi connectivity index (χ1n) is 12.9. The first-order valence-corrected chi connectivity index (χ1v) is 12.9.